The van der Waals surface area contributed by atoms with E-state index in [9.17, 15) is 8.42 Å². The first-order chi connectivity index (χ1) is 5.02. The standard InChI is InChI=1S/C5H10NO3SSi/c1-2-3-5(4-9-11)10(6,7)8/h2,5H,1,3-4H2,(H2,6,7,8)/t5-/m1/s1. The summed E-state index contributed by atoms with van der Waals surface area (Å²) in [5.74, 6) is 0. The topological polar surface area (TPSA) is 69.4 Å². The number of rotatable bonds is 5. The van der Waals surface area contributed by atoms with Crippen LogP contribution in [-0.4, -0.2) is 30.8 Å². The van der Waals surface area contributed by atoms with E-state index in [0.717, 1.165) is 0 Å². The van der Waals surface area contributed by atoms with Crippen LogP contribution in [0.3, 0.4) is 0 Å². The molecule has 0 aliphatic carbocycles. The van der Waals surface area contributed by atoms with E-state index in [4.69, 9.17) is 5.14 Å². The van der Waals surface area contributed by atoms with Crippen molar-refractivity contribution in [3.63, 3.8) is 0 Å². The van der Waals surface area contributed by atoms with Gasteiger partial charge in [-0.1, -0.05) is 6.08 Å². The molecule has 0 saturated heterocycles. The lowest BCUT2D eigenvalue weighted by Gasteiger charge is -2.10. The molecule has 0 unspecified atom stereocenters. The highest BCUT2D eigenvalue weighted by molar-refractivity contribution is 7.89. The predicted molar refractivity (Wildman–Crippen MR) is 43.4 cm³/mol. The average molecular weight is 192 g/mol. The van der Waals surface area contributed by atoms with Gasteiger partial charge in [0.25, 0.3) is 0 Å². The minimum atomic E-state index is -3.52. The number of sulfonamides is 1. The molecule has 0 rings (SSSR count). The van der Waals surface area contributed by atoms with Gasteiger partial charge in [-0.25, -0.2) is 13.6 Å². The molecule has 0 aliphatic rings. The molecule has 2 N–H and O–H groups in total. The van der Waals surface area contributed by atoms with Crippen LogP contribution in [0.15, 0.2) is 12.7 Å². The number of hydrogen-bond donors (Lipinski definition) is 1. The summed E-state index contributed by atoms with van der Waals surface area (Å²) in [6.45, 7) is 3.43. The first-order valence-electron chi connectivity index (χ1n) is 2.93. The Hall–Kier alpha value is -0.173. The van der Waals surface area contributed by atoms with Crippen molar-refractivity contribution in [2.45, 2.75) is 11.7 Å². The summed E-state index contributed by atoms with van der Waals surface area (Å²) in [6.07, 6.45) is 1.78. The smallest absolute Gasteiger partial charge is 0.246 e. The Balaban J connectivity index is 4.21. The molecule has 6 heteroatoms. The van der Waals surface area contributed by atoms with Gasteiger partial charge < -0.3 is 4.43 Å². The lowest BCUT2D eigenvalue weighted by molar-refractivity contribution is 0.342. The number of nitrogens with two attached hydrogens (primary N) is 1. The second-order valence-electron chi connectivity index (χ2n) is 2.05. The number of allylic oxidation sites excluding steroid dienone is 1. The van der Waals surface area contributed by atoms with Crippen molar-refractivity contribution in [2.24, 2.45) is 5.14 Å². The summed E-state index contributed by atoms with van der Waals surface area (Å²) in [4.78, 5) is 0. The quantitative estimate of drug-likeness (QED) is 0.463. The largest absolute Gasteiger partial charge is 0.417 e. The van der Waals surface area contributed by atoms with Crippen molar-refractivity contribution >= 4 is 20.5 Å². The summed E-state index contributed by atoms with van der Waals surface area (Å²) in [7, 11) is -0.813. The molecular formula is C5H10NO3SSi. The Bertz CT molecular complexity index is 214. The molecule has 63 valence electrons. The van der Waals surface area contributed by atoms with Crippen molar-refractivity contribution in [1.29, 1.82) is 0 Å². The van der Waals surface area contributed by atoms with E-state index in [1.54, 1.807) is 0 Å². The molecule has 11 heavy (non-hydrogen) atoms. The molecule has 0 aromatic carbocycles. The van der Waals surface area contributed by atoms with Gasteiger partial charge in [0.1, 0.15) is 5.25 Å². The maximum Gasteiger partial charge on any atom is 0.246 e. The SMILES string of the molecule is C=CC[C@H](CO[Si])S(N)(=O)=O. The lowest BCUT2D eigenvalue weighted by atomic mass is 10.3. The third-order valence-electron chi connectivity index (χ3n) is 1.16. The highest BCUT2D eigenvalue weighted by Gasteiger charge is 2.18. The average Bonchev–Trinajstić information content (AvgIpc) is 1.85. The third-order valence-corrected chi connectivity index (χ3v) is 2.59. The van der Waals surface area contributed by atoms with Crippen molar-refractivity contribution in [1.82, 2.24) is 0 Å². The summed E-state index contributed by atoms with van der Waals surface area (Å²) >= 11 is 0. The fourth-order valence-electron chi connectivity index (χ4n) is 0.576. The van der Waals surface area contributed by atoms with Crippen LogP contribution in [0.1, 0.15) is 6.42 Å². The molecule has 0 heterocycles. The highest BCUT2D eigenvalue weighted by Crippen LogP contribution is 2.02. The molecule has 0 fully saturated rings. The highest BCUT2D eigenvalue weighted by atomic mass is 32.2. The molecule has 0 spiro atoms. The van der Waals surface area contributed by atoms with Gasteiger partial charge >= 0.3 is 0 Å². The van der Waals surface area contributed by atoms with Crippen molar-refractivity contribution in [3.05, 3.63) is 12.7 Å². The summed E-state index contributed by atoms with van der Waals surface area (Å²) < 4.78 is 26.0. The van der Waals surface area contributed by atoms with Crippen LogP contribution in [0.5, 0.6) is 0 Å². The van der Waals surface area contributed by atoms with E-state index < -0.39 is 15.3 Å². The van der Waals surface area contributed by atoms with Crippen LogP contribution in [-0.2, 0) is 14.4 Å². The molecule has 0 aromatic heterocycles. The van der Waals surface area contributed by atoms with Gasteiger partial charge in [-0.05, 0) is 6.42 Å². The number of hydrogen-bond acceptors (Lipinski definition) is 3. The van der Waals surface area contributed by atoms with Gasteiger partial charge in [-0.2, -0.15) is 0 Å². The Morgan fingerprint density at radius 3 is 2.55 bits per heavy atom. The molecule has 0 aliphatic heterocycles. The van der Waals surface area contributed by atoms with Gasteiger partial charge in [0.15, 0.2) is 0 Å². The van der Waals surface area contributed by atoms with Gasteiger partial charge in [-0.15, -0.1) is 6.58 Å². The normalized spacial score (nSPS) is 14.4. The van der Waals surface area contributed by atoms with Crippen LogP contribution < -0.4 is 5.14 Å². The Kier molecular flexibility index (Phi) is 4.58. The van der Waals surface area contributed by atoms with Crippen LogP contribution in [0.25, 0.3) is 0 Å². The minimum Gasteiger partial charge on any atom is -0.417 e. The summed E-state index contributed by atoms with van der Waals surface area (Å²) in [6, 6.07) is 0. The zero-order chi connectivity index (χ0) is 8.91. The van der Waals surface area contributed by atoms with Crippen molar-refractivity contribution < 1.29 is 12.8 Å². The second-order valence-corrected chi connectivity index (χ2v) is 4.18. The van der Waals surface area contributed by atoms with Gasteiger partial charge in [0, 0.05) is 0 Å². The van der Waals surface area contributed by atoms with E-state index in [0.29, 0.717) is 6.42 Å². The fourth-order valence-corrected chi connectivity index (χ4v) is 1.56. The maximum absolute atomic E-state index is 10.7. The lowest BCUT2D eigenvalue weighted by Crippen LogP contribution is -2.31. The van der Waals surface area contributed by atoms with E-state index >= 15 is 0 Å². The molecule has 1 atom stereocenters. The molecule has 0 aromatic rings. The van der Waals surface area contributed by atoms with Crippen LogP contribution in [0, 0.1) is 0 Å². The predicted octanol–water partition coefficient (Wildman–Crippen LogP) is -0.680. The summed E-state index contributed by atoms with van der Waals surface area (Å²) in [5.41, 5.74) is 0. The first-order valence-corrected chi connectivity index (χ1v) is 4.95. The molecule has 0 bridgehead atoms. The van der Waals surface area contributed by atoms with Crippen molar-refractivity contribution in [2.75, 3.05) is 6.61 Å². The maximum atomic E-state index is 10.7. The first kappa shape index (κ1) is 10.8. The molecule has 0 saturated carbocycles. The molecule has 3 radical (unpaired) electrons. The van der Waals surface area contributed by atoms with Gasteiger partial charge in [-0.3, -0.25) is 0 Å². The number of primary sulfonamides is 1. The van der Waals surface area contributed by atoms with Gasteiger partial charge in [0.05, 0.1) is 6.61 Å². The molecule has 0 amide bonds. The van der Waals surface area contributed by atoms with Crippen molar-refractivity contribution in [3.8, 4) is 0 Å². The zero-order valence-electron chi connectivity index (χ0n) is 5.99. The summed E-state index contributed by atoms with van der Waals surface area (Å²) in [5, 5.41) is 4.16. The third kappa shape index (κ3) is 4.30. The van der Waals surface area contributed by atoms with Crippen LogP contribution in [0.2, 0.25) is 0 Å². The van der Waals surface area contributed by atoms with Gasteiger partial charge in [0.2, 0.25) is 20.5 Å². The van der Waals surface area contributed by atoms with E-state index in [1.165, 1.54) is 6.08 Å². The van der Waals surface area contributed by atoms with E-state index in [2.05, 4.69) is 21.5 Å². The van der Waals surface area contributed by atoms with Crippen LogP contribution >= 0.6 is 0 Å². The Morgan fingerprint density at radius 1 is 1.73 bits per heavy atom. The Morgan fingerprint density at radius 2 is 2.27 bits per heavy atom. The van der Waals surface area contributed by atoms with E-state index in [1.807, 2.05) is 0 Å². The molecular weight excluding hydrogens is 182 g/mol. The van der Waals surface area contributed by atoms with Crippen LogP contribution in [0.4, 0.5) is 0 Å². The second kappa shape index (κ2) is 4.65. The zero-order valence-corrected chi connectivity index (χ0v) is 7.80. The monoisotopic (exact) mass is 192 g/mol. The fraction of sp³-hybridized carbons (Fsp3) is 0.600. The Labute approximate surface area is 70.0 Å². The molecule has 4 nitrogen and oxygen atoms in total. The van der Waals surface area contributed by atoms with E-state index in [-0.39, 0.29) is 6.61 Å². The minimum absolute atomic E-state index is 0.0295.